The zero-order valence-corrected chi connectivity index (χ0v) is 16.0. The molecule has 0 amide bonds. The van der Waals surface area contributed by atoms with Gasteiger partial charge < -0.3 is 25.4 Å². The molecule has 1 heterocycles. The number of nitrogens with zero attached hydrogens (tertiary/aromatic N) is 2. The lowest BCUT2D eigenvalue weighted by Crippen LogP contribution is -2.48. The van der Waals surface area contributed by atoms with Crippen LogP contribution in [0, 0.1) is 0 Å². The number of benzene rings is 2. The Morgan fingerprint density at radius 3 is 2.59 bits per heavy atom. The van der Waals surface area contributed by atoms with E-state index in [4.69, 9.17) is 4.74 Å². The predicted molar refractivity (Wildman–Crippen MR) is 110 cm³/mol. The molecule has 3 rings (SSSR count). The first kappa shape index (κ1) is 18.9. The fraction of sp³-hybridized carbons (Fsp3) is 0.381. The quantitative estimate of drug-likeness (QED) is 0.559. The Morgan fingerprint density at radius 1 is 1.19 bits per heavy atom. The lowest BCUT2D eigenvalue weighted by Gasteiger charge is -2.34. The smallest absolute Gasteiger partial charge is 0.191 e. The molecule has 1 saturated heterocycles. The first-order valence-electron chi connectivity index (χ1n) is 9.32. The predicted octanol–water partition coefficient (Wildman–Crippen LogP) is 2.73. The van der Waals surface area contributed by atoms with Crippen LogP contribution in [0.4, 0.5) is 5.69 Å². The van der Waals surface area contributed by atoms with E-state index in [0.717, 1.165) is 43.2 Å². The number of ether oxygens (including phenoxy) is 1. The number of guanidine groups is 1. The van der Waals surface area contributed by atoms with Gasteiger partial charge in [0.1, 0.15) is 11.5 Å². The van der Waals surface area contributed by atoms with Crippen molar-refractivity contribution in [1.29, 1.82) is 0 Å². The Labute approximate surface area is 160 Å². The number of methoxy groups -OCH3 is 1. The Hall–Kier alpha value is -2.89. The van der Waals surface area contributed by atoms with Gasteiger partial charge in [-0.3, -0.25) is 4.99 Å². The van der Waals surface area contributed by atoms with Crippen LogP contribution in [0.1, 0.15) is 18.4 Å². The molecule has 0 atom stereocenters. The van der Waals surface area contributed by atoms with E-state index in [0.29, 0.717) is 12.6 Å². The summed E-state index contributed by atoms with van der Waals surface area (Å²) in [5.41, 5.74) is 2.06. The number of anilines is 1. The number of phenolic OH excluding ortho intramolecular Hbond substituents is 1. The van der Waals surface area contributed by atoms with Gasteiger partial charge in [0.15, 0.2) is 5.96 Å². The summed E-state index contributed by atoms with van der Waals surface area (Å²) in [6, 6.07) is 16.1. The van der Waals surface area contributed by atoms with Crippen LogP contribution in [0.3, 0.4) is 0 Å². The fourth-order valence-corrected chi connectivity index (χ4v) is 3.32. The summed E-state index contributed by atoms with van der Waals surface area (Å²) >= 11 is 0. The normalized spacial score (nSPS) is 15.5. The third kappa shape index (κ3) is 5.06. The fourth-order valence-electron chi connectivity index (χ4n) is 3.32. The minimum absolute atomic E-state index is 0.245. The second-order valence-corrected chi connectivity index (χ2v) is 6.66. The Bertz CT molecular complexity index is 756. The van der Waals surface area contributed by atoms with E-state index in [2.05, 4.69) is 44.8 Å². The van der Waals surface area contributed by atoms with E-state index >= 15 is 0 Å². The van der Waals surface area contributed by atoms with Crippen LogP contribution in [0.25, 0.3) is 0 Å². The molecule has 1 fully saturated rings. The van der Waals surface area contributed by atoms with Crippen molar-refractivity contribution in [3.05, 3.63) is 54.1 Å². The highest BCUT2D eigenvalue weighted by Gasteiger charge is 2.20. The highest BCUT2D eigenvalue weighted by molar-refractivity contribution is 5.80. The van der Waals surface area contributed by atoms with Gasteiger partial charge in [-0.05, 0) is 43.2 Å². The number of phenols is 1. The topological polar surface area (TPSA) is 69.1 Å². The van der Waals surface area contributed by atoms with Gasteiger partial charge in [0.2, 0.25) is 0 Å². The number of aliphatic imine (C=N–C) groups is 1. The van der Waals surface area contributed by atoms with Crippen molar-refractivity contribution in [2.75, 3.05) is 32.1 Å². The first-order valence-corrected chi connectivity index (χ1v) is 9.32. The maximum atomic E-state index is 10.0. The first-order chi connectivity index (χ1) is 13.2. The zero-order valence-electron chi connectivity index (χ0n) is 16.0. The number of rotatable bonds is 5. The molecule has 27 heavy (non-hydrogen) atoms. The molecular formula is C21H28N4O2. The van der Waals surface area contributed by atoms with Crippen LogP contribution in [0.15, 0.2) is 53.5 Å². The molecule has 0 unspecified atom stereocenters. The Kier molecular flexibility index (Phi) is 6.41. The molecule has 2 aromatic carbocycles. The summed E-state index contributed by atoms with van der Waals surface area (Å²) in [7, 11) is 3.38. The van der Waals surface area contributed by atoms with Gasteiger partial charge in [0.25, 0.3) is 0 Å². The summed E-state index contributed by atoms with van der Waals surface area (Å²) < 4.78 is 5.22. The van der Waals surface area contributed by atoms with Crippen LogP contribution in [0.2, 0.25) is 0 Å². The lowest BCUT2D eigenvalue weighted by molar-refractivity contribution is 0.410. The molecule has 144 valence electrons. The Balaban J connectivity index is 1.50. The van der Waals surface area contributed by atoms with Crippen LogP contribution >= 0.6 is 0 Å². The number of aromatic hydroxyl groups is 1. The summed E-state index contributed by atoms with van der Waals surface area (Å²) in [5, 5.41) is 16.8. The number of hydrogen-bond acceptors (Lipinski definition) is 4. The van der Waals surface area contributed by atoms with Crippen molar-refractivity contribution >= 4 is 11.6 Å². The van der Waals surface area contributed by atoms with E-state index < -0.39 is 0 Å². The Morgan fingerprint density at radius 2 is 1.93 bits per heavy atom. The molecule has 0 spiro atoms. The largest absolute Gasteiger partial charge is 0.508 e. The van der Waals surface area contributed by atoms with Gasteiger partial charge in [0.05, 0.1) is 7.11 Å². The molecule has 0 aliphatic carbocycles. The van der Waals surface area contributed by atoms with Gasteiger partial charge in [-0.2, -0.15) is 0 Å². The third-order valence-electron chi connectivity index (χ3n) is 4.91. The number of para-hydroxylation sites is 1. The highest BCUT2D eigenvalue weighted by Crippen LogP contribution is 2.23. The van der Waals surface area contributed by atoms with E-state index in [1.165, 1.54) is 5.69 Å². The minimum atomic E-state index is 0.245. The molecule has 1 aliphatic rings. The monoisotopic (exact) mass is 368 g/mol. The summed E-state index contributed by atoms with van der Waals surface area (Å²) in [6.45, 7) is 2.52. The summed E-state index contributed by atoms with van der Waals surface area (Å²) in [4.78, 5) is 6.73. The van der Waals surface area contributed by atoms with Gasteiger partial charge in [-0.15, -0.1) is 0 Å². The summed E-state index contributed by atoms with van der Waals surface area (Å²) in [5.74, 6) is 1.71. The lowest BCUT2D eigenvalue weighted by atomic mass is 10.0. The molecular weight excluding hydrogens is 340 g/mol. The maximum Gasteiger partial charge on any atom is 0.191 e. The molecule has 0 radical (unpaired) electrons. The van der Waals surface area contributed by atoms with Crippen LogP contribution in [0.5, 0.6) is 11.5 Å². The van der Waals surface area contributed by atoms with E-state index in [1.807, 2.05) is 12.1 Å². The second-order valence-electron chi connectivity index (χ2n) is 6.66. The van der Waals surface area contributed by atoms with Crippen molar-refractivity contribution in [1.82, 2.24) is 10.6 Å². The van der Waals surface area contributed by atoms with Gasteiger partial charge in [-0.1, -0.05) is 18.2 Å². The van der Waals surface area contributed by atoms with Gasteiger partial charge >= 0.3 is 0 Å². The summed E-state index contributed by atoms with van der Waals surface area (Å²) in [6.07, 6.45) is 2.11. The minimum Gasteiger partial charge on any atom is -0.508 e. The van der Waals surface area contributed by atoms with Gasteiger partial charge in [0, 0.05) is 44.0 Å². The standard InChI is InChI=1S/C21H28N4O2/c1-22-21(23-15-16-14-19(27-2)8-9-20(16)26)24-17-10-12-25(13-11-17)18-6-4-3-5-7-18/h3-9,14,17,26H,10-13,15H2,1-2H3,(H2,22,23,24). The highest BCUT2D eigenvalue weighted by atomic mass is 16.5. The van der Waals surface area contributed by atoms with Crippen molar-refractivity contribution < 1.29 is 9.84 Å². The second kappa shape index (κ2) is 9.16. The number of hydrogen-bond donors (Lipinski definition) is 3. The number of piperidine rings is 1. The molecule has 6 heteroatoms. The van der Waals surface area contributed by atoms with Crippen LogP contribution in [-0.2, 0) is 6.54 Å². The average Bonchev–Trinajstić information content (AvgIpc) is 2.73. The molecule has 3 N–H and O–H groups in total. The molecule has 1 aliphatic heterocycles. The third-order valence-corrected chi connectivity index (χ3v) is 4.91. The van der Waals surface area contributed by atoms with E-state index in [-0.39, 0.29) is 5.75 Å². The molecule has 2 aromatic rings. The van der Waals surface area contributed by atoms with E-state index in [1.54, 1.807) is 26.3 Å². The van der Waals surface area contributed by atoms with Crippen molar-refractivity contribution in [3.63, 3.8) is 0 Å². The zero-order chi connectivity index (χ0) is 19.1. The van der Waals surface area contributed by atoms with Crippen molar-refractivity contribution in [2.24, 2.45) is 4.99 Å². The maximum absolute atomic E-state index is 10.0. The molecule has 0 saturated carbocycles. The van der Waals surface area contributed by atoms with Crippen LogP contribution < -0.4 is 20.3 Å². The van der Waals surface area contributed by atoms with Crippen LogP contribution in [-0.4, -0.2) is 44.4 Å². The molecule has 0 aromatic heterocycles. The molecule has 6 nitrogen and oxygen atoms in total. The van der Waals surface area contributed by atoms with Crippen molar-refractivity contribution in [2.45, 2.75) is 25.4 Å². The molecule has 0 bridgehead atoms. The van der Waals surface area contributed by atoms with Crippen molar-refractivity contribution in [3.8, 4) is 11.5 Å². The van der Waals surface area contributed by atoms with E-state index in [9.17, 15) is 5.11 Å². The van der Waals surface area contributed by atoms with Gasteiger partial charge in [-0.25, -0.2) is 0 Å². The number of nitrogens with one attached hydrogen (secondary N) is 2. The average molecular weight is 368 g/mol. The SMILES string of the molecule is CN=C(NCc1cc(OC)ccc1O)NC1CCN(c2ccccc2)CC1.